The molecule has 200 valence electrons. The zero-order chi connectivity index (χ0) is 27.7. The fourth-order valence-electron chi connectivity index (χ4n) is 3.59. The lowest BCUT2D eigenvalue weighted by Crippen LogP contribution is -2.23. The number of carbonyl (C=O) groups excluding carboxylic acids is 2. The molecule has 0 aliphatic rings. The molecule has 9 heteroatoms. The average Bonchev–Trinajstić information content (AvgIpc) is 2.94. The molecular formula is C29H29ClO8. The largest absolute Gasteiger partial charge is 0.497 e. The van der Waals surface area contributed by atoms with Crippen molar-refractivity contribution in [2.45, 2.75) is 33.0 Å². The second-order valence-corrected chi connectivity index (χ2v) is 8.81. The summed E-state index contributed by atoms with van der Waals surface area (Å²) in [7, 11) is 3.15. The van der Waals surface area contributed by atoms with Gasteiger partial charge in [0.15, 0.2) is 11.5 Å². The maximum absolute atomic E-state index is 12.9. The molecule has 0 unspecified atom stereocenters. The highest BCUT2D eigenvalue weighted by Gasteiger charge is 2.28. The van der Waals surface area contributed by atoms with E-state index in [1.54, 1.807) is 45.4 Å². The summed E-state index contributed by atoms with van der Waals surface area (Å²) in [6.45, 7) is 1.93. The van der Waals surface area contributed by atoms with E-state index in [9.17, 15) is 19.5 Å². The molecule has 3 rings (SSSR count). The Hall–Kier alpha value is -4.04. The lowest BCUT2D eigenvalue weighted by atomic mass is 9.95. The smallest absolute Gasteiger partial charge is 0.306 e. The number of methoxy groups -OCH3 is 2. The van der Waals surface area contributed by atoms with E-state index in [0.29, 0.717) is 11.5 Å². The number of rotatable bonds is 14. The summed E-state index contributed by atoms with van der Waals surface area (Å²) < 4.78 is 22.3. The molecule has 0 saturated heterocycles. The van der Waals surface area contributed by atoms with Gasteiger partial charge in [-0.2, -0.15) is 0 Å². The summed E-state index contributed by atoms with van der Waals surface area (Å²) in [6, 6.07) is 17.4. The van der Waals surface area contributed by atoms with Gasteiger partial charge in [0.05, 0.1) is 25.2 Å². The Morgan fingerprint density at radius 2 is 1.34 bits per heavy atom. The molecule has 0 aliphatic carbocycles. The molecule has 0 aliphatic heterocycles. The first kappa shape index (κ1) is 28.5. The van der Waals surface area contributed by atoms with Crippen LogP contribution >= 0.6 is 11.6 Å². The number of hydrogen-bond acceptors (Lipinski definition) is 7. The first-order valence-electron chi connectivity index (χ1n) is 11.9. The van der Waals surface area contributed by atoms with Gasteiger partial charge in [-0.1, -0.05) is 42.8 Å². The third-order valence-corrected chi connectivity index (χ3v) is 6.30. The molecule has 0 amide bonds. The van der Waals surface area contributed by atoms with Gasteiger partial charge in [0.1, 0.15) is 24.7 Å². The number of carbonyl (C=O) groups is 3. The molecule has 0 fully saturated rings. The molecule has 0 bridgehead atoms. The van der Waals surface area contributed by atoms with Crippen LogP contribution in [-0.4, -0.2) is 36.9 Å². The fourth-order valence-corrected chi connectivity index (χ4v) is 3.89. The van der Waals surface area contributed by atoms with Crippen LogP contribution in [0.4, 0.5) is 0 Å². The van der Waals surface area contributed by atoms with Crippen LogP contribution in [-0.2, 0) is 22.8 Å². The van der Waals surface area contributed by atoms with E-state index >= 15 is 0 Å². The molecular weight excluding hydrogens is 512 g/mol. The first-order chi connectivity index (χ1) is 18.3. The van der Waals surface area contributed by atoms with Crippen LogP contribution in [0.3, 0.4) is 0 Å². The molecule has 1 N–H and O–H groups in total. The molecule has 8 nitrogen and oxygen atoms in total. The van der Waals surface area contributed by atoms with Crippen LogP contribution in [0.15, 0.2) is 60.7 Å². The number of ether oxygens (including phenoxy) is 4. The predicted molar refractivity (Wildman–Crippen MR) is 141 cm³/mol. The second kappa shape index (κ2) is 13.5. The van der Waals surface area contributed by atoms with Gasteiger partial charge >= 0.3 is 5.97 Å². The monoisotopic (exact) mass is 540 g/mol. The molecule has 0 heterocycles. The van der Waals surface area contributed by atoms with Crippen molar-refractivity contribution in [1.29, 1.82) is 0 Å². The third-order valence-electron chi connectivity index (χ3n) is 5.93. The SMILES string of the molecule is CC[C@@H](CC(=O)C(=O)c1ccc(OCc2ccc(OC)cc2)c(OCc2ccc(OC)cc2)c1Cl)C(=O)O. The number of aliphatic carboxylic acids is 1. The lowest BCUT2D eigenvalue weighted by Gasteiger charge is -2.17. The van der Waals surface area contributed by atoms with Crippen molar-refractivity contribution in [3.8, 4) is 23.0 Å². The Labute approximate surface area is 226 Å². The van der Waals surface area contributed by atoms with Gasteiger partial charge in [0.2, 0.25) is 11.6 Å². The molecule has 0 radical (unpaired) electrons. The number of benzene rings is 3. The first-order valence-corrected chi connectivity index (χ1v) is 12.3. The van der Waals surface area contributed by atoms with Gasteiger partial charge in [-0.15, -0.1) is 0 Å². The highest BCUT2D eigenvalue weighted by atomic mass is 35.5. The van der Waals surface area contributed by atoms with E-state index in [4.69, 9.17) is 30.5 Å². The Morgan fingerprint density at radius 1 is 0.816 bits per heavy atom. The summed E-state index contributed by atoms with van der Waals surface area (Å²) in [6.07, 6.45) is -0.199. The minimum atomic E-state index is -1.13. The summed E-state index contributed by atoms with van der Waals surface area (Å²) in [4.78, 5) is 36.9. The van der Waals surface area contributed by atoms with Crippen LogP contribution in [0.2, 0.25) is 5.02 Å². The summed E-state index contributed by atoms with van der Waals surface area (Å²) in [5, 5.41) is 9.17. The number of ketones is 2. The van der Waals surface area contributed by atoms with E-state index in [2.05, 4.69) is 0 Å². The molecule has 38 heavy (non-hydrogen) atoms. The van der Waals surface area contributed by atoms with E-state index in [-0.39, 0.29) is 41.7 Å². The second-order valence-electron chi connectivity index (χ2n) is 8.43. The van der Waals surface area contributed by atoms with E-state index < -0.39 is 29.9 Å². The normalized spacial score (nSPS) is 11.4. The zero-order valence-corrected chi connectivity index (χ0v) is 22.1. The molecule has 3 aromatic carbocycles. The van der Waals surface area contributed by atoms with E-state index in [0.717, 1.165) is 11.1 Å². The Bertz CT molecular complexity index is 1270. The van der Waals surface area contributed by atoms with Crippen molar-refractivity contribution < 1.29 is 38.4 Å². The Morgan fingerprint density at radius 3 is 1.82 bits per heavy atom. The zero-order valence-electron chi connectivity index (χ0n) is 21.4. The molecule has 3 aromatic rings. The highest BCUT2D eigenvalue weighted by molar-refractivity contribution is 6.48. The molecule has 0 aromatic heterocycles. The van der Waals surface area contributed by atoms with Crippen LogP contribution in [0.5, 0.6) is 23.0 Å². The number of hydrogen-bond donors (Lipinski definition) is 1. The summed E-state index contributed by atoms with van der Waals surface area (Å²) >= 11 is 6.59. The lowest BCUT2D eigenvalue weighted by molar-refractivity contribution is -0.143. The van der Waals surface area contributed by atoms with Gasteiger partial charge in [-0.25, -0.2) is 0 Å². The van der Waals surface area contributed by atoms with Crippen LogP contribution in [0.25, 0.3) is 0 Å². The van der Waals surface area contributed by atoms with E-state index in [1.807, 2.05) is 24.3 Å². The number of carboxylic acid groups (broad SMARTS) is 1. The van der Waals surface area contributed by atoms with Crippen LogP contribution < -0.4 is 18.9 Å². The fraction of sp³-hybridized carbons (Fsp3) is 0.276. The van der Waals surface area contributed by atoms with Crippen molar-refractivity contribution in [3.63, 3.8) is 0 Å². The summed E-state index contributed by atoms with van der Waals surface area (Å²) in [5.41, 5.74) is 1.58. The number of halogens is 1. The quantitative estimate of drug-likeness (QED) is 0.203. The highest BCUT2D eigenvalue weighted by Crippen LogP contribution is 2.39. The van der Waals surface area contributed by atoms with Gasteiger partial charge in [-0.3, -0.25) is 14.4 Å². The minimum absolute atomic E-state index is 0.0848. The molecule has 1 atom stereocenters. The van der Waals surface area contributed by atoms with Gasteiger partial charge in [-0.05, 0) is 53.9 Å². The van der Waals surface area contributed by atoms with Crippen LogP contribution in [0, 0.1) is 5.92 Å². The van der Waals surface area contributed by atoms with Crippen molar-refractivity contribution >= 4 is 29.1 Å². The maximum atomic E-state index is 12.9. The number of Topliss-reactive ketones (excluding diaryl/α,β-unsaturated/α-hetero) is 2. The third kappa shape index (κ3) is 7.26. The topological polar surface area (TPSA) is 108 Å². The summed E-state index contributed by atoms with van der Waals surface area (Å²) in [5.74, 6) is -2.04. The molecule has 0 saturated carbocycles. The standard InChI is InChI=1S/C29H29ClO8/c1-4-20(29(33)34)15-24(31)27(32)23-13-14-25(37-16-18-5-9-21(35-2)10-6-18)28(26(23)30)38-17-19-7-11-22(36-3)12-8-19/h5-14,20H,4,15-17H2,1-3H3,(H,33,34)/t20-/m0/s1. The Balaban J connectivity index is 1.87. The van der Waals surface area contributed by atoms with Gasteiger partial charge in [0, 0.05) is 12.0 Å². The van der Waals surface area contributed by atoms with Crippen molar-refractivity contribution in [2.75, 3.05) is 14.2 Å². The van der Waals surface area contributed by atoms with Crippen molar-refractivity contribution in [1.82, 2.24) is 0 Å². The predicted octanol–water partition coefficient (Wildman–Crippen LogP) is 5.77. The minimum Gasteiger partial charge on any atom is -0.497 e. The maximum Gasteiger partial charge on any atom is 0.306 e. The average molecular weight is 541 g/mol. The Kier molecular flexibility index (Phi) is 10.1. The van der Waals surface area contributed by atoms with E-state index in [1.165, 1.54) is 12.1 Å². The number of carboxylic acids is 1. The van der Waals surface area contributed by atoms with Crippen LogP contribution in [0.1, 0.15) is 41.3 Å². The van der Waals surface area contributed by atoms with Crippen molar-refractivity contribution in [2.24, 2.45) is 5.92 Å². The molecule has 0 spiro atoms. The van der Waals surface area contributed by atoms with Gasteiger partial charge in [0.25, 0.3) is 0 Å². The van der Waals surface area contributed by atoms with Gasteiger partial charge < -0.3 is 24.1 Å². The van der Waals surface area contributed by atoms with Crippen molar-refractivity contribution in [3.05, 3.63) is 82.4 Å².